The van der Waals surface area contributed by atoms with Gasteiger partial charge in [0.05, 0.1) is 0 Å². The van der Waals surface area contributed by atoms with Gasteiger partial charge in [-0.1, -0.05) is 29.8 Å². The minimum absolute atomic E-state index is 0.801. The molecule has 2 aromatic rings. The second-order valence-corrected chi connectivity index (χ2v) is 3.33. The summed E-state index contributed by atoms with van der Waals surface area (Å²) in [6.45, 7) is 0. The number of rotatable bonds is 1. The third-order valence-electron chi connectivity index (χ3n) is 2.12. The Morgan fingerprint density at radius 1 is 1.15 bits per heavy atom. The highest BCUT2D eigenvalue weighted by Gasteiger charge is 1.98. The van der Waals surface area contributed by atoms with Gasteiger partial charge in [0.15, 0.2) is 0 Å². The Morgan fingerprint density at radius 3 is 2.77 bits per heavy atom. The van der Waals surface area contributed by atoms with E-state index in [0.717, 1.165) is 16.1 Å². The monoisotopic (exact) mass is 191 g/mol. The van der Waals surface area contributed by atoms with Gasteiger partial charge >= 0.3 is 0 Å². The summed E-state index contributed by atoms with van der Waals surface area (Å²) in [6.07, 6.45) is 0. The maximum absolute atomic E-state index is 6.06. The number of benzene rings is 2. The van der Waals surface area contributed by atoms with Crippen LogP contribution in [0.25, 0.3) is 10.8 Å². The van der Waals surface area contributed by atoms with E-state index < -0.39 is 0 Å². The van der Waals surface area contributed by atoms with E-state index >= 15 is 0 Å². The van der Waals surface area contributed by atoms with Crippen LogP contribution < -0.4 is 5.32 Å². The Hall–Kier alpha value is -1.21. The van der Waals surface area contributed by atoms with Crippen molar-refractivity contribution in [3.8, 4) is 0 Å². The molecule has 0 saturated carbocycles. The molecule has 2 rings (SSSR count). The molecule has 2 heteroatoms. The fraction of sp³-hybridized carbons (Fsp3) is 0.0909. The zero-order valence-corrected chi connectivity index (χ0v) is 8.10. The molecule has 0 heterocycles. The first-order valence-corrected chi connectivity index (χ1v) is 4.55. The maximum atomic E-state index is 6.06. The van der Waals surface area contributed by atoms with Gasteiger partial charge in [-0.15, -0.1) is 0 Å². The van der Waals surface area contributed by atoms with Gasteiger partial charge in [-0.05, 0) is 23.6 Å². The summed E-state index contributed by atoms with van der Waals surface area (Å²) in [7, 11) is 1.90. The molecule has 1 N–H and O–H groups in total. The lowest BCUT2D eigenvalue weighted by molar-refractivity contribution is 1.53. The first-order chi connectivity index (χ1) is 6.31. The molecule has 13 heavy (non-hydrogen) atoms. The molecule has 2 aromatic carbocycles. The fourth-order valence-corrected chi connectivity index (χ4v) is 1.63. The fourth-order valence-electron chi connectivity index (χ4n) is 1.39. The number of halogens is 1. The van der Waals surface area contributed by atoms with Gasteiger partial charge < -0.3 is 5.32 Å². The quantitative estimate of drug-likeness (QED) is 0.727. The maximum Gasteiger partial charge on any atom is 0.0485 e. The lowest BCUT2D eigenvalue weighted by atomic mass is 10.1. The highest BCUT2D eigenvalue weighted by Crippen LogP contribution is 2.25. The lowest BCUT2D eigenvalue weighted by Gasteiger charge is -2.03. The van der Waals surface area contributed by atoms with Gasteiger partial charge in [-0.25, -0.2) is 0 Å². The van der Waals surface area contributed by atoms with Crippen molar-refractivity contribution in [1.29, 1.82) is 0 Å². The first kappa shape index (κ1) is 8.39. The molecule has 0 aliphatic heterocycles. The zero-order valence-electron chi connectivity index (χ0n) is 7.34. The van der Waals surface area contributed by atoms with Gasteiger partial charge in [-0.3, -0.25) is 0 Å². The Morgan fingerprint density at radius 2 is 2.00 bits per heavy atom. The summed E-state index contributed by atoms with van der Waals surface area (Å²) in [4.78, 5) is 0. The van der Waals surface area contributed by atoms with Crippen molar-refractivity contribution in [3.63, 3.8) is 0 Å². The SMILES string of the molecule is CNc1ccc2cccc(Cl)c2c1. The number of anilines is 1. The molecule has 0 aromatic heterocycles. The largest absolute Gasteiger partial charge is 0.388 e. The van der Waals surface area contributed by atoms with Crippen LogP contribution in [0.15, 0.2) is 36.4 Å². The summed E-state index contributed by atoms with van der Waals surface area (Å²) in [5, 5.41) is 6.15. The Bertz CT molecular complexity index is 437. The summed E-state index contributed by atoms with van der Waals surface area (Å²) in [5.41, 5.74) is 1.08. The smallest absolute Gasteiger partial charge is 0.0485 e. The van der Waals surface area contributed by atoms with Gasteiger partial charge in [0.2, 0.25) is 0 Å². The van der Waals surface area contributed by atoms with E-state index in [1.165, 1.54) is 5.39 Å². The van der Waals surface area contributed by atoms with Gasteiger partial charge in [0.25, 0.3) is 0 Å². The Labute approximate surface area is 82.3 Å². The average molecular weight is 192 g/mol. The number of nitrogens with one attached hydrogen (secondary N) is 1. The highest BCUT2D eigenvalue weighted by molar-refractivity contribution is 6.35. The standard InChI is InChI=1S/C11H10ClN/c1-13-9-6-5-8-3-2-4-11(12)10(8)7-9/h2-7,13H,1H3. The molecule has 0 aliphatic carbocycles. The third-order valence-corrected chi connectivity index (χ3v) is 2.45. The average Bonchev–Trinajstić information content (AvgIpc) is 2.18. The molecule has 0 amide bonds. The normalized spacial score (nSPS) is 10.3. The molecule has 0 aliphatic rings. The van der Waals surface area contributed by atoms with Crippen LogP contribution in [0.5, 0.6) is 0 Å². The van der Waals surface area contributed by atoms with Crippen LogP contribution in [0.1, 0.15) is 0 Å². The molecule has 0 unspecified atom stereocenters. The van der Waals surface area contributed by atoms with Gasteiger partial charge in [0.1, 0.15) is 0 Å². The van der Waals surface area contributed by atoms with Crippen LogP contribution in [-0.4, -0.2) is 7.05 Å². The third kappa shape index (κ3) is 1.47. The summed E-state index contributed by atoms with van der Waals surface area (Å²) in [5.74, 6) is 0. The van der Waals surface area contributed by atoms with Crippen LogP contribution in [0.4, 0.5) is 5.69 Å². The predicted octanol–water partition coefficient (Wildman–Crippen LogP) is 3.53. The van der Waals surface area contributed by atoms with Crippen molar-refractivity contribution in [2.45, 2.75) is 0 Å². The minimum atomic E-state index is 0.801. The molecule has 0 radical (unpaired) electrons. The molecular formula is C11H10ClN. The predicted molar refractivity (Wildman–Crippen MR) is 58.5 cm³/mol. The molecule has 0 atom stereocenters. The zero-order chi connectivity index (χ0) is 9.26. The first-order valence-electron chi connectivity index (χ1n) is 4.17. The summed E-state index contributed by atoms with van der Waals surface area (Å²) < 4.78 is 0. The van der Waals surface area contributed by atoms with E-state index in [2.05, 4.69) is 23.5 Å². The van der Waals surface area contributed by atoms with Gasteiger partial charge in [-0.2, -0.15) is 0 Å². The van der Waals surface area contributed by atoms with Crippen molar-refractivity contribution < 1.29 is 0 Å². The van der Waals surface area contributed by atoms with Crippen LogP contribution in [0, 0.1) is 0 Å². The topological polar surface area (TPSA) is 12.0 Å². The molecule has 0 saturated heterocycles. The van der Waals surface area contributed by atoms with E-state index in [9.17, 15) is 0 Å². The molecule has 66 valence electrons. The van der Waals surface area contributed by atoms with Crippen molar-refractivity contribution >= 4 is 28.1 Å². The molecule has 0 spiro atoms. The van der Waals surface area contributed by atoms with Crippen molar-refractivity contribution in [2.24, 2.45) is 0 Å². The lowest BCUT2D eigenvalue weighted by Crippen LogP contribution is -1.86. The molecule has 1 nitrogen and oxygen atoms in total. The molecular weight excluding hydrogens is 182 g/mol. The van der Waals surface area contributed by atoms with E-state index in [4.69, 9.17) is 11.6 Å². The van der Waals surface area contributed by atoms with Crippen molar-refractivity contribution in [2.75, 3.05) is 12.4 Å². The van der Waals surface area contributed by atoms with Crippen LogP contribution in [-0.2, 0) is 0 Å². The minimum Gasteiger partial charge on any atom is -0.388 e. The number of hydrogen-bond donors (Lipinski definition) is 1. The Balaban J connectivity index is 2.74. The van der Waals surface area contributed by atoms with E-state index in [1.54, 1.807) is 0 Å². The summed E-state index contributed by atoms with van der Waals surface area (Å²) >= 11 is 6.06. The number of fused-ring (bicyclic) bond motifs is 1. The van der Waals surface area contributed by atoms with E-state index in [1.807, 2.05) is 25.2 Å². The van der Waals surface area contributed by atoms with E-state index in [0.29, 0.717) is 0 Å². The molecule has 0 fully saturated rings. The van der Waals surface area contributed by atoms with Crippen LogP contribution in [0.2, 0.25) is 5.02 Å². The molecule has 0 bridgehead atoms. The second kappa shape index (κ2) is 3.27. The second-order valence-electron chi connectivity index (χ2n) is 2.93. The highest BCUT2D eigenvalue weighted by atomic mass is 35.5. The summed E-state index contributed by atoms with van der Waals surface area (Å²) in [6, 6.07) is 12.1. The van der Waals surface area contributed by atoms with E-state index in [-0.39, 0.29) is 0 Å². The van der Waals surface area contributed by atoms with Crippen LogP contribution >= 0.6 is 11.6 Å². The van der Waals surface area contributed by atoms with Crippen molar-refractivity contribution in [3.05, 3.63) is 41.4 Å². The van der Waals surface area contributed by atoms with Gasteiger partial charge in [0, 0.05) is 23.1 Å². The van der Waals surface area contributed by atoms with Crippen LogP contribution in [0.3, 0.4) is 0 Å². The number of hydrogen-bond acceptors (Lipinski definition) is 1. The van der Waals surface area contributed by atoms with Crippen molar-refractivity contribution in [1.82, 2.24) is 0 Å². The Kier molecular flexibility index (Phi) is 2.11.